The molecule has 0 radical (unpaired) electrons. The minimum absolute atomic E-state index is 0.328. The van der Waals surface area contributed by atoms with Crippen LogP contribution in [-0.4, -0.2) is 29.9 Å². The monoisotopic (exact) mass is 359 g/mol. The van der Waals surface area contributed by atoms with Crippen LogP contribution >= 0.6 is 0 Å². The number of azide groups is 1. The molecule has 7 nitrogen and oxygen atoms in total. The van der Waals surface area contributed by atoms with Crippen LogP contribution in [0.4, 0.5) is 5.69 Å². The van der Waals surface area contributed by atoms with Crippen molar-refractivity contribution in [1.29, 1.82) is 0 Å². The van der Waals surface area contributed by atoms with E-state index in [0.29, 0.717) is 22.3 Å². The molecule has 0 N–H and O–H groups in total. The van der Waals surface area contributed by atoms with Crippen LogP contribution in [0.25, 0.3) is 10.4 Å². The van der Waals surface area contributed by atoms with Crippen molar-refractivity contribution < 1.29 is 18.8 Å². The molecule has 8 heteroatoms. The first-order chi connectivity index (χ1) is 11.8. The number of carbonyl (C=O) groups is 1. The summed E-state index contributed by atoms with van der Waals surface area (Å²) in [4.78, 5) is 15.5. The van der Waals surface area contributed by atoms with Crippen molar-refractivity contribution >= 4 is 24.2 Å². The molecule has 0 amide bonds. The van der Waals surface area contributed by atoms with E-state index in [9.17, 15) is 4.79 Å². The highest BCUT2D eigenvalue weighted by Crippen LogP contribution is 2.37. The van der Waals surface area contributed by atoms with Gasteiger partial charge in [-0.2, -0.15) is 0 Å². The number of ether oxygens (including phenoxy) is 1. The smallest absolute Gasteiger partial charge is 0.456 e. The first-order valence-corrected chi connectivity index (χ1v) is 8.56. The van der Waals surface area contributed by atoms with Gasteiger partial charge in [-0.25, -0.2) is 4.79 Å². The van der Waals surface area contributed by atoms with Gasteiger partial charge in [0, 0.05) is 10.6 Å². The Bertz CT molecular complexity index is 761. The minimum Gasteiger partial charge on any atom is -0.456 e. The molecule has 140 valence electrons. The first-order valence-electron chi connectivity index (χ1n) is 8.56. The average Bonchev–Trinajstić information content (AvgIpc) is 2.68. The lowest BCUT2D eigenvalue weighted by Crippen LogP contribution is -2.41. The Hall–Kier alpha value is -2.02. The second-order valence-corrected chi connectivity index (χ2v) is 8.49. The molecule has 1 heterocycles. The lowest BCUT2D eigenvalue weighted by Gasteiger charge is -2.32. The Kier molecular flexibility index (Phi) is 5.16. The van der Waals surface area contributed by atoms with Crippen molar-refractivity contribution in [2.24, 2.45) is 5.11 Å². The topological polar surface area (TPSA) is 93.5 Å². The molecule has 1 aliphatic rings. The van der Waals surface area contributed by atoms with E-state index in [1.807, 2.05) is 27.7 Å². The predicted octanol–water partition coefficient (Wildman–Crippen LogP) is 4.19. The molecular weight excluding hydrogens is 333 g/mol. The van der Waals surface area contributed by atoms with Crippen molar-refractivity contribution in [1.82, 2.24) is 0 Å². The maximum absolute atomic E-state index is 12.6. The fourth-order valence-corrected chi connectivity index (χ4v) is 2.53. The van der Waals surface area contributed by atoms with E-state index in [0.717, 1.165) is 0 Å². The molecule has 0 spiro atoms. The normalized spacial score (nSPS) is 18.4. The quantitative estimate of drug-likeness (QED) is 0.266. The molecular formula is C18H26BN3O4. The average molecular weight is 359 g/mol. The molecule has 1 fully saturated rings. The molecule has 2 rings (SSSR count). The second-order valence-electron chi connectivity index (χ2n) is 8.49. The van der Waals surface area contributed by atoms with Gasteiger partial charge in [0.05, 0.1) is 16.8 Å². The zero-order valence-electron chi connectivity index (χ0n) is 16.7. The van der Waals surface area contributed by atoms with Crippen LogP contribution in [-0.2, 0) is 14.0 Å². The number of hydrogen-bond acceptors (Lipinski definition) is 5. The highest BCUT2D eigenvalue weighted by atomic mass is 16.7. The van der Waals surface area contributed by atoms with Gasteiger partial charge in [0.2, 0.25) is 0 Å². The summed E-state index contributed by atoms with van der Waals surface area (Å²) in [7, 11) is -0.672. The summed E-state index contributed by atoms with van der Waals surface area (Å²) in [5, 5.41) is 3.71. The van der Waals surface area contributed by atoms with Crippen LogP contribution in [0.15, 0.2) is 17.2 Å². The summed E-state index contributed by atoms with van der Waals surface area (Å²) in [6.45, 7) is 14.9. The predicted molar refractivity (Wildman–Crippen MR) is 101 cm³/mol. The molecule has 1 saturated heterocycles. The zero-order valence-corrected chi connectivity index (χ0v) is 16.7. The Balaban J connectivity index is 2.52. The standard InChI is InChI=1S/C18H26BN3O4/c1-11-13(15(23)24-16(2,3)4)9-12(10-14(11)21-22-20)19-25-17(5,6)18(7,8)26-19/h9-10H,1-8H3. The van der Waals surface area contributed by atoms with E-state index in [1.54, 1.807) is 39.8 Å². The van der Waals surface area contributed by atoms with Crippen LogP contribution in [0.3, 0.4) is 0 Å². The van der Waals surface area contributed by atoms with Crippen molar-refractivity contribution in [2.75, 3.05) is 0 Å². The third kappa shape index (κ3) is 4.03. The van der Waals surface area contributed by atoms with Gasteiger partial charge >= 0.3 is 13.1 Å². The molecule has 0 bridgehead atoms. The van der Waals surface area contributed by atoms with Crippen molar-refractivity contribution in [3.8, 4) is 0 Å². The SMILES string of the molecule is Cc1c(N=[N+]=[N-])cc(B2OC(C)(C)C(C)(C)O2)cc1C(=O)OC(C)(C)C. The summed E-state index contributed by atoms with van der Waals surface area (Å²) in [5.41, 5.74) is 9.02. The van der Waals surface area contributed by atoms with E-state index in [-0.39, 0.29) is 0 Å². The number of nitrogens with zero attached hydrogens (tertiary/aromatic N) is 3. The van der Waals surface area contributed by atoms with Gasteiger partial charge in [-0.05, 0) is 78.0 Å². The molecule has 1 aromatic rings. The lowest BCUT2D eigenvalue weighted by atomic mass is 9.77. The molecule has 1 aromatic carbocycles. The maximum Gasteiger partial charge on any atom is 0.494 e. The fraction of sp³-hybridized carbons (Fsp3) is 0.611. The number of benzene rings is 1. The summed E-state index contributed by atoms with van der Waals surface area (Å²) >= 11 is 0. The Morgan fingerprint density at radius 2 is 1.73 bits per heavy atom. The number of rotatable bonds is 3. The lowest BCUT2D eigenvalue weighted by molar-refractivity contribution is 0.00578. The minimum atomic E-state index is -0.672. The van der Waals surface area contributed by atoms with E-state index in [2.05, 4.69) is 10.0 Å². The molecule has 1 aliphatic heterocycles. The van der Waals surface area contributed by atoms with Crippen molar-refractivity contribution in [3.63, 3.8) is 0 Å². The Morgan fingerprint density at radius 1 is 1.19 bits per heavy atom. The zero-order chi connectivity index (χ0) is 19.9. The number of carbonyl (C=O) groups excluding carboxylic acids is 1. The number of hydrogen-bond donors (Lipinski definition) is 0. The van der Waals surface area contributed by atoms with Crippen molar-refractivity contribution in [2.45, 2.75) is 72.2 Å². The van der Waals surface area contributed by atoms with Crippen LogP contribution in [0.2, 0.25) is 0 Å². The van der Waals surface area contributed by atoms with Gasteiger partial charge in [0.1, 0.15) is 5.60 Å². The maximum atomic E-state index is 12.6. The molecule has 0 atom stereocenters. The van der Waals surface area contributed by atoms with Gasteiger partial charge in [0.25, 0.3) is 0 Å². The second kappa shape index (κ2) is 6.61. The van der Waals surface area contributed by atoms with Crippen LogP contribution in [0, 0.1) is 6.92 Å². The molecule has 0 aliphatic carbocycles. The molecule has 0 aromatic heterocycles. The van der Waals surface area contributed by atoms with Crippen molar-refractivity contribution in [3.05, 3.63) is 33.7 Å². The van der Waals surface area contributed by atoms with Crippen LogP contribution < -0.4 is 5.46 Å². The van der Waals surface area contributed by atoms with Crippen LogP contribution in [0.5, 0.6) is 0 Å². The largest absolute Gasteiger partial charge is 0.494 e. The van der Waals surface area contributed by atoms with Gasteiger partial charge in [-0.15, -0.1) is 0 Å². The van der Waals surface area contributed by atoms with E-state index >= 15 is 0 Å². The molecule has 0 unspecified atom stereocenters. The summed E-state index contributed by atoms with van der Waals surface area (Å²) < 4.78 is 17.6. The van der Waals surface area contributed by atoms with Gasteiger partial charge in [0.15, 0.2) is 0 Å². The summed E-state index contributed by atoms with van der Waals surface area (Å²) in [6, 6.07) is 3.37. The Labute approximate surface area is 154 Å². The molecule has 0 saturated carbocycles. The first kappa shape index (κ1) is 20.3. The molecule has 26 heavy (non-hydrogen) atoms. The number of esters is 1. The van der Waals surface area contributed by atoms with Gasteiger partial charge in [-0.3, -0.25) is 0 Å². The third-order valence-corrected chi connectivity index (χ3v) is 4.70. The highest BCUT2D eigenvalue weighted by Gasteiger charge is 2.52. The summed E-state index contributed by atoms with van der Waals surface area (Å²) in [5.74, 6) is -0.484. The Morgan fingerprint density at radius 3 is 2.19 bits per heavy atom. The van der Waals surface area contributed by atoms with E-state index in [1.165, 1.54) is 0 Å². The van der Waals surface area contributed by atoms with E-state index < -0.39 is 29.9 Å². The fourth-order valence-electron chi connectivity index (χ4n) is 2.53. The third-order valence-electron chi connectivity index (χ3n) is 4.70. The summed E-state index contributed by atoms with van der Waals surface area (Å²) in [6.07, 6.45) is 0. The van der Waals surface area contributed by atoms with Gasteiger partial charge in [-0.1, -0.05) is 11.2 Å². The van der Waals surface area contributed by atoms with Gasteiger partial charge < -0.3 is 14.0 Å². The van der Waals surface area contributed by atoms with Crippen LogP contribution in [0.1, 0.15) is 64.4 Å². The van der Waals surface area contributed by atoms with E-state index in [4.69, 9.17) is 19.6 Å². The highest BCUT2D eigenvalue weighted by molar-refractivity contribution is 6.62.